The number of halogens is 1. The predicted octanol–water partition coefficient (Wildman–Crippen LogP) is 3.58. The molecular weight excluding hydrogens is 408 g/mol. The SMILES string of the molecule is CCC1COC(=O)N1c1nc(C)nc(N[C@H](C)c2cc3cc(Cl)ccc3[nH]c2=O)n1. The monoisotopic (exact) mass is 428 g/mol. The first-order chi connectivity index (χ1) is 14.4. The molecule has 1 fully saturated rings. The number of rotatable bonds is 5. The van der Waals surface area contributed by atoms with E-state index in [0.717, 1.165) is 5.39 Å². The molecule has 0 spiro atoms. The molecule has 156 valence electrons. The maximum absolute atomic E-state index is 12.6. The van der Waals surface area contributed by atoms with Crippen molar-refractivity contribution in [2.75, 3.05) is 16.8 Å². The Morgan fingerprint density at radius 3 is 2.87 bits per heavy atom. The van der Waals surface area contributed by atoms with Crippen molar-refractivity contribution < 1.29 is 9.53 Å². The molecule has 1 saturated heterocycles. The van der Waals surface area contributed by atoms with Crippen molar-refractivity contribution in [3.05, 3.63) is 51.0 Å². The number of ether oxygens (including phenoxy) is 1. The van der Waals surface area contributed by atoms with Crippen molar-refractivity contribution in [3.8, 4) is 0 Å². The number of aromatic amines is 1. The number of amides is 1. The van der Waals surface area contributed by atoms with Gasteiger partial charge in [0.2, 0.25) is 11.9 Å². The maximum atomic E-state index is 12.6. The summed E-state index contributed by atoms with van der Waals surface area (Å²) >= 11 is 6.08. The lowest BCUT2D eigenvalue weighted by Gasteiger charge is -2.20. The summed E-state index contributed by atoms with van der Waals surface area (Å²) in [6.07, 6.45) is 0.235. The van der Waals surface area contributed by atoms with Crippen LogP contribution in [0.15, 0.2) is 29.1 Å². The molecule has 1 aromatic carbocycles. The van der Waals surface area contributed by atoms with Gasteiger partial charge in [0.25, 0.3) is 5.56 Å². The number of aryl methyl sites for hydroxylation is 1. The Morgan fingerprint density at radius 1 is 1.30 bits per heavy atom. The molecule has 1 aliphatic rings. The molecule has 4 rings (SSSR count). The lowest BCUT2D eigenvalue weighted by atomic mass is 10.1. The number of hydrogen-bond acceptors (Lipinski definition) is 7. The van der Waals surface area contributed by atoms with E-state index in [9.17, 15) is 9.59 Å². The average molecular weight is 429 g/mol. The summed E-state index contributed by atoms with van der Waals surface area (Å²) in [6.45, 7) is 5.81. The van der Waals surface area contributed by atoms with Crippen molar-refractivity contribution >= 4 is 40.5 Å². The van der Waals surface area contributed by atoms with Gasteiger partial charge in [-0.05, 0) is 44.5 Å². The number of carbonyl (C=O) groups excluding carboxylic acids is 1. The number of pyridine rings is 1. The van der Waals surface area contributed by atoms with Gasteiger partial charge in [0.15, 0.2) is 0 Å². The second kappa shape index (κ2) is 7.91. The summed E-state index contributed by atoms with van der Waals surface area (Å²) in [7, 11) is 0. The number of H-pyrrole nitrogens is 1. The lowest BCUT2D eigenvalue weighted by molar-refractivity contribution is 0.178. The fourth-order valence-electron chi connectivity index (χ4n) is 3.43. The van der Waals surface area contributed by atoms with Gasteiger partial charge in [-0.3, -0.25) is 4.79 Å². The van der Waals surface area contributed by atoms with Crippen molar-refractivity contribution in [2.24, 2.45) is 0 Å². The number of hydrogen-bond donors (Lipinski definition) is 2. The summed E-state index contributed by atoms with van der Waals surface area (Å²) < 4.78 is 5.13. The van der Waals surface area contributed by atoms with Gasteiger partial charge in [-0.2, -0.15) is 15.0 Å². The van der Waals surface area contributed by atoms with E-state index in [2.05, 4.69) is 25.3 Å². The van der Waals surface area contributed by atoms with Gasteiger partial charge in [0, 0.05) is 21.5 Å². The van der Waals surface area contributed by atoms with Gasteiger partial charge < -0.3 is 15.0 Å². The van der Waals surface area contributed by atoms with E-state index in [1.807, 2.05) is 13.8 Å². The van der Waals surface area contributed by atoms with Crippen molar-refractivity contribution in [1.82, 2.24) is 19.9 Å². The molecule has 0 radical (unpaired) electrons. The van der Waals surface area contributed by atoms with Gasteiger partial charge in [0.05, 0.1) is 12.1 Å². The number of benzene rings is 1. The van der Waals surface area contributed by atoms with E-state index in [-0.39, 0.29) is 23.5 Å². The summed E-state index contributed by atoms with van der Waals surface area (Å²) in [5.41, 5.74) is 0.998. The van der Waals surface area contributed by atoms with E-state index in [1.165, 1.54) is 4.90 Å². The highest BCUT2D eigenvalue weighted by atomic mass is 35.5. The fourth-order valence-corrected chi connectivity index (χ4v) is 3.61. The second-order valence-electron chi connectivity index (χ2n) is 7.17. The maximum Gasteiger partial charge on any atom is 0.417 e. The van der Waals surface area contributed by atoms with Gasteiger partial charge in [-0.1, -0.05) is 18.5 Å². The Kier molecular flexibility index (Phi) is 5.29. The smallest absolute Gasteiger partial charge is 0.417 e. The van der Waals surface area contributed by atoms with Crippen molar-refractivity contribution in [2.45, 2.75) is 39.3 Å². The van der Waals surface area contributed by atoms with Gasteiger partial charge in [0.1, 0.15) is 12.4 Å². The van der Waals surface area contributed by atoms with Gasteiger partial charge in [-0.15, -0.1) is 0 Å². The van der Waals surface area contributed by atoms with Crippen LogP contribution in [0.2, 0.25) is 5.02 Å². The largest absolute Gasteiger partial charge is 0.447 e. The van der Waals surface area contributed by atoms with E-state index >= 15 is 0 Å². The first-order valence-electron chi connectivity index (χ1n) is 9.63. The fraction of sp³-hybridized carbons (Fsp3) is 0.350. The molecule has 1 unspecified atom stereocenters. The van der Waals surface area contributed by atoms with E-state index in [0.29, 0.717) is 35.0 Å². The molecule has 0 bridgehead atoms. The molecular formula is C20H21ClN6O3. The molecule has 3 aromatic rings. The van der Waals surface area contributed by atoms with E-state index in [1.54, 1.807) is 31.2 Å². The van der Waals surface area contributed by atoms with Crippen LogP contribution in [0.25, 0.3) is 10.9 Å². The minimum atomic E-state index is -0.477. The Balaban J connectivity index is 1.65. The molecule has 30 heavy (non-hydrogen) atoms. The number of aromatic nitrogens is 4. The Labute approximate surface area is 177 Å². The second-order valence-corrected chi connectivity index (χ2v) is 7.60. The molecule has 0 saturated carbocycles. The minimum Gasteiger partial charge on any atom is -0.447 e. The van der Waals surface area contributed by atoms with Crippen LogP contribution in [0.4, 0.5) is 16.7 Å². The molecule has 2 N–H and O–H groups in total. The van der Waals surface area contributed by atoms with Crippen LogP contribution in [0.1, 0.15) is 37.7 Å². The van der Waals surface area contributed by atoms with Crippen LogP contribution in [0.3, 0.4) is 0 Å². The standard InChI is InChI=1S/C20H21ClN6O3/c1-4-14-9-30-20(29)27(14)19-24-11(3)23-18(26-19)22-10(2)15-8-12-7-13(21)5-6-16(12)25-17(15)28/h5-8,10,14H,4,9H2,1-3H3,(H,25,28)(H,22,23,24,26)/t10-,14?/m1/s1. The third kappa shape index (κ3) is 3.80. The number of fused-ring (bicyclic) bond motifs is 1. The number of anilines is 2. The third-order valence-corrected chi connectivity index (χ3v) is 5.27. The number of nitrogens with zero attached hydrogens (tertiary/aromatic N) is 4. The zero-order chi connectivity index (χ0) is 21.4. The Hall–Kier alpha value is -3.20. The van der Waals surface area contributed by atoms with E-state index in [4.69, 9.17) is 16.3 Å². The van der Waals surface area contributed by atoms with E-state index < -0.39 is 12.1 Å². The highest BCUT2D eigenvalue weighted by Gasteiger charge is 2.35. The molecule has 0 aliphatic carbocycles. The van der Waals surface area contributed by atoms with Crippen LogP contribution >= 0.6 is 11.6 Å². The summed E-state index contributed by atoms with van der Waals surface area (Å²) in [4.78, 5) is 42.0. The average Bonchev–Trinajstić information content (AvgIpc) is 3.07. The molecule has 10 heteroatoms. The van der Waals surface area contributed by atoms with Crippen LogP contribution in [-0.4, -0.2) is 38.7 Å². The third-order valence-electron chi connectivity index (χ3n) is 5.03. The Bertz CT molecular complexity index is 1180. The normalized spacial score (nSPS) is 17.3. The molecule has 2 aromatic heterocycles. The molecule has 2 atom stereocenters. The Morgan fingerprint density at radius 2 is 2.10 bits per heavy atom. The van der Waals surface area contributed by atoms with Crippen LogP contribution in [0, 0.1) is 6.92 Å². The van der Waals surface area contributed by atoms with Gasteiger partial charge >= 0.3 is 6.09 Å². The van der Waals surface area contributed by atoms with Gasteiger partial charge in [-0.25, -0.2) is 9.69 Å². The molecule has 1 amide bonds. The minimum absolute atomic E-state index is 0.127. The first-order valence-corrected chi connectivity index (χ1v) is 10.0. The number of nitrogens with one attached hydrogen (secondary N) is 2. The lowest BCUT2D eigenvalue weighted by Crippen LogP contribution is -2.35. The first kappa shape index (κ1) is 20.1. The van der Waals surface area contributed by atoms with Crippen LogP contribution < -0.4 is 15.8 Å². The zero-order valence-electron chi connectivity index (χ0n) is 16.8. The van der Waals surface area contributed by atoms with Crippen LogP contribution in [0.5, 0.6) is 0 Å². The quantitative estimate of drug-likeness (QED) is 0.638. The van der Waals surface area contributed by atoms with Crippen LogP contribution in [-0.2, 0) is 4.74 Å². The summed E-state index contributed by atoms with van der Waals surface area (Å²) in [5.74, 6) is 0.944. The molecule has 3 heterocycles. The molecule has 1 aliphatic heterocycles. The summed E-state index contributed by atoms with van der Waals surface area (Å²) in [6, 6.07) is 6.54. The van der Waals surface area contributed by atoms with Crippen molar-refractivity contribution in [3.63, 3.8) is 0 Å². The highest BCUT2D eigenvalue weighted by molar-refractivity contribution is 6.31. The number of cyclic esters (lactones) is 1. The predicted molar refractivity (Wildman–Crippen MR) is 114 cm³/mol. The zero-order valence-corrected chi connectivity index (χ0v) is 17.5. The summed E-state index contributed by atoms with van der Waals surface area (Å²) in [5, 5.41) is 4.54. The molecule has 9 nitrogen and oxygen atoms in total. The highest BCUT2D eigenvalue weighted by Crippen LogP contribution is 2.24. The number of carbonyl (C=O) groups is 1. The van der Waals surface area contributed by atoms with Crippen molar-refractivity contribution in [1.29, 1.82) is 0 Å². The topological polar surface area (TPSA) is 113 Å².